The molecule has 8 nitrogen and oxygen atoms in total. The fourth-order valence-corrected chi connectivity index (χ4v) is 1.17. The van der Waals surface area contributed by atoms with E-state index in [4.69, 9.17) is 5.53 Å². The van der Waals surface area contributed by atoms with Crippen molar-refractivity contribution in [2.75, 3.05) is 7.11 Å². The summed E-state index contributed by atoms with van der Waals surface area (Å²) in [6, 6.07) is 5.54. The number of hydrogen-bond donors (Lipinski definition) is 0. The summed E-state index contributed by atoms with van der Waals surface area (Å²) < 4.78 is 4.41. The van der Waals surface area contributed by atoms with Crippen molar-refractivity contribution in [2.45, 2.75) is 0 Å². The van der Waals surface area contributed by atoms with Crippen LogP contribution in [0.3, 0.4) is 0 Å². The molecule has 0 aliphatic carbocycles. The molecule has 18 heavy (non-hydrogen) atoms. The predicted molar refractivity (Wildman–Crippen MR) is 62.2 cm³/mol. The smallest absolute Gasteiger partial charge is 0.340 e. The van der Waals surface area contributed by atoms with Gasteiger partial charge >= 0.3 is 5.97 Å². The SMILES string of the molecule is COC(=O)/C(=C/c1cccc([N+](=O)[O-])c1)N=[N+]=[N-]. The number of carbonyl (C=O) groups is 1. The van der Waals surface area contributed by atoms with Crippen LogP contribution in [0.15, 0.2) is 35.1 Å². The molecule has 0 atom stereocenters. The maximum atomic E-state index is 11.2. The van der Waals surface area contributed by atoms with Crippen LogP contribution in [0, 0.1) is 10.1 Å². The van der Waals surface area contributed by atoms with Crippen LogP contribution in [0.4, 0.5) is 5.69 Å². The third kappa shape index (κ3) is 3.32. The highest BCUT2D eigenvalue weighted by molar-refractivity contribution is 5.93. The number of non-ortho nitro benzene ring substituents is 1. The molecule has 1 rings (SSSR count). The van der Waals surface area contributed by atoms with Crippen LogP contribution >= 0.6 is 0 Å². The minimum Gasteiger partial charge on any atom is -0.466 e. The molecule has 1 aromatic rings. The molecular weight excluding hydrogens is 240 g/mol. The second kappa shape index (κ2) is 6.02. The zero-order valence-corrected chi connectivity index (χ0v) is 9.31. The molecular formula is C10H8N4O4. The van der Waals surface area contributed by atoms with Gasteiger partial charge in [-0.05, 0) is 17.2 Å². The van der Waals surface area contributed by atoms with Crippen molar-refractivity contribution >= 4 is 17.7 Å². The van der Waals surface area contributed by atoms with Crippen LogP contribution in [0.5, 0.6) is 0 Å². The molecule has 0 saturated heterocycles. The van der Waals surface area contributed by atoms with E-state index in [1.807, 2.05) is 0 Å². The second-order valence-electron chi connectivity index (χ2n) is 3.06. The van der Waals surface area contributed by atoms with Gasteiger partial charge in [-0.15, -0.1) is 0 Å². The molecule has 0 saturated carbocycles. The van der Waals surface area contributed by atoms with Crippen molar-refractivity contribution in [2.24, 2.45) is 5.11 Å². The molecule has 0 N–H and O–H groups in total. The van der Waals surface area contributed by atoms with E-state index in [0.29, 0.717) is 5.56 Å². The van der Waals surface area contributed by atoms with Crippen LogP contribution in [0.2, 0.25) is 0 Å². The van der Waals surface area contributed by atoms with Crippen molar-refractivity contribution in [1.29, 1.82) is 0 Å². The number of benzene rings is 1. The molecule has 0 amide bonds. The minimum atomic E-state index is -0.820. The molecule has 0 radical (unpaired) electrons. The summed E-state index contributed by atoms with van der Waals surface area (Å²) in [5, 5.41) is 13.7. The number of esters is 1. The number of carbonyl (C=O) groups excluding carboxylic acids is 1. The fraction of sp³-hybridized carbons (Fsp3) is 0.100. The van der Waals surface area contributed by atoms with Gasteiger partial charge in [-0.3, -0.25) is 10.1 Å². The number of ether oxygens (including phenoxy) is 1. The molecule has 1 aromatic carbocycles. The number of nitro benzene ring substituents is 1. The van der Waals surface area contributed by atoms with E-state index in [9.17, 15) is 14.9 Å². The zero-order valence-electron chi connectivity index (χ0n) is 9.31. The maximum absolute atomic E-state index is 11.2. The molecule has 0 fully saturated rings. The van der Waals surface area contributed by atoms with Crippen molar-refractivity contribution in [3.63, 3.8) is 0 Å². The monoisotopic (exact) mass is 248 g/mol. The minimum absolute atomic E-state index is 0.131. The highest BCUT2D eigenvalue weighted by atomic mass is 16.6. The maximum Gasteiger partial charge on any atom is 0.340 e. The first-order valence-corrected chi connectivity index (χ1v) is 4.68. The van der Waals surface area contributed by atoms with E-state index in [1.54, 1.807) is 0 Å². The van der Waals surface area contributed by atoms with E-state index in [0.717, 1.165) is 7.11 Å². The Morgan fingerprint density at radius 3 is 2.89 bits per heavy atom. The Bertz CT molecular complexity index is 561. The van der Waals surface area contributed by atoms with E-state index >= 15 is 0 Å². The predicted octanol–water partition coefficient (Wildman–Crippen LogP) is 2.42. The number of nitrogens with zero attached hydrogens (tertiary/aromatic N) is 4. The number of rotatable bonds is 4. The Morgan fingerprint density at radius 2 is 2.33 bits per heavy atom. The van der Waals surface area contributed by atoms with Crippen molar-refractivity contribution in [1.82, 2.24) is 0 Å². The Labute approximate surface area is 101 Å². The summed E-state index contributed by atoms with van der Waals surface area (Å²) in [4.78, 5) is 23.7. The summed E-state index contributed by atoms with van der Waals surface area (Å²) >= 11 is 0. The standard InChI is InChI=1S/C10H8N4O4/c1-18-10(15)9(12-13-11)6-7-3-2-4-8(5-7)14(16)17/h2-6H,1H3/b9-6-. The third-order valence-corrected chi connectivity index (χ3v) is 1.93. The van der Waals surface area contributed by atoms with Gasteiger partial charge in [0.05, 0.1) is 12.0 Å². The number of hydrogen-bond acceptors (Lipinski definition) is 5. The highest BCUT2D eigenvalue weighted by Crippen LogP contribution is 2.16. The van der Waals surface area contributed by atoms with E-state index in [2.05, 4.69) is 14.8 Å². The van der Waals surface area contributed by atoms with Crippen LogP contribution in [0.1, 0.15) is 5.56 Å². The van der Waals surface area contributed by atoms with Gasteiger partial charge in [0.2, 0.25) is 0 Å². The average Bonchev–Trinajstić information content (AvgIpc) is 2.37. The molecule has 0 heterocycles. The summed E-state index contributed by atoms with van der Waals surface area (Å²) in [6.45, 7) is 0. The van der Waals surface area contributed by atoms with Gasteiger partial charge in [-0.1, -0.05) is 17.2 Å². The molecule has 0 unspecified atom stereocenters. The molecule has 0 aromatic heterocycles. The zero-order chi connectivity index (χ0) is 13.5. The Kier molecular flexibility index (Phi) is 4.42. The first-order valence-electron chi connectivity index (χ1n) is 4.68. The first kappa shape index (κ1) is 13.2. The summed E-state index contributed by atoms with van der Waals surface area (Å²) in [7, 11) is 1.14. The first-order chi connectivity index (χ1) is 8.58. The van der Waals surface area contributed by atoms with Crippen molar-refractivity contribution < 1.29 is 14.5 Å². The molecule has 92 valence electrons. The van der Waals surface area contributed by atoms with Gasteiger partial charge in [0.25, 0.3) is 5.69 Å². The van der Waals surface area contributed by atoms with Gasteiger partial charge in [0.1, 0.15) is 5.70 Å². The summed E-state index contributed by atoms with van der Waals surface area (Å²) in [5.74, 6) is -0.820. The normalized spacial score (nSPS) is 10.4. The van der Waals surface area contributed by atoms with E-state index in [1.165, 1.54) is 30.3 Å². The molecule has 0 bridgehead atoms. The molecule has 0 spiro atoms. The Balaban J connectivity index is 3.19. The van der Waals surface area contributed by atoms with Gasteiger partial charge in [-0.2, -0.15) is 0 Å². The lowest BCUT2D eigenvalue weighted by molar-refractivity contribution is -0.384. The topological polar surface area (TPSA) is 118 Å². The second-order valence-corrected chi connectivity index (χ2v) is 3.06. The number of methoxy groups -OCH3 is 1. The average molecular weight is 248 g/mol. The number of nitro groups is 1. The lowest BCUT2D eigenvalue weighted by atomic mass is 10.1. The quantitative estimate of drug-likeness (QED) is 0.154. The summed E-state index contributed by atoms with van der Waals surface area (Å²) in [5.41, 5.74) is 8.25. The molecule has 0 aliphatic heterocycles. The van der Waals surface area contributed by atoms with Gasteiger partial charge in [-0.25, -0.2) is 4.79 Å². The highest BCUT2D eigenvalue weighted by Gasteiger charge is 2.09. The van der Waals surface area contributed by atoms with Crippen LogP contribution in [-0.4, -0.2) is 18.0 Å². The van der Waals surface area contributed by atoms with Crippen LogP contribution in [-0.2, 0) is 9.53 Å². The van der Waals surface area contributed by atoms with Gasteiger partial charge in [0.15, 0.2) is 0 Å². The third-order valence-electron chi connectivity index (χ3n) is 1.93. The van der Waals surface area contributed by atoms with Gasteiger partial charge in [0, 0.05) is 17.0 Å². The van der Waals surface area contributed by atoms with Gasteiger partial charge < -0.3 is 4.74 Å². The van der Waals surface area contributed by atoms with E-state index < -0.39 is 10.9 Å². The lowest BCUT2D eigenvalue weighted by Gasteiger charge is -1.99. The van der Waals surface area contributed by atoms with E-state index in [-0.39, 0.29) is 11.4 Å². The largest absolute Gasteiger partial charge is 0.466 e. The molecule has 0 aliphatic rings. The lowest BCUT2D eigenvalue weighted by Crippen LogP contribution is -2.01. The Hall–Kier alpha value is -2.86. The van der Waals surface area contributed by atoms with Crippen molar-refractivity contribution in [3.8, 4) is 0 Å². The molecule has 8 heteroatoms. The van der Waals surface area contributed by atoms with Crippen LogP contribution < -0.4 is 0 Å². The number of azide groups is 1. The van der Waals surface area contributed by atoms with Crippen molar-refractivity contribution in [3.05, 3.63) is 56.1 Å². The Morgan fingerprint density at radius 1 is 1.61 bits per heavy atom. The fourth-order valence-electron chi connectivity index (χ4n) is 1.17. The summed E-state index contributed by atoms with van der Waals surface area (Å²) in [6.07, 6.45) is 1.21. The van der Waals surface area contributed by atoms with Crippen LogP contribution in [0.25, 0.3) is 16.5 Å².